The van der Waals surface area contributed by atoms with Crippen LogP contribution in [0.2, 0.25) is 0 Å². The van der Waals surface area contributed by atoms with Gasteiger partial charge in [0.05, 0.1) is 0 Å². The van der Waals surface area contributed by atoms with Gasteiger partial charge in [-0.1, -0.05) is 0 Å². The highest BCUT2D eigenvalue weighted by atomic mass is 16.6. The van der Waals surface area contributed by atoms with E-state index >= 15 is 0 Å². The molecule has 0 aromatic carbocycles. The molecule has 2 heterocycles. The summed E-state index contributed by atoms with van der Waals surface area (Å²) in [7, 11) is 0. The molecule has 0 amide bonds. The Labute approximate surface area is 96.0 Å². The third-order valence-electron chi connectivity index (χ3n) is 1.85. The fraction of sp³-hybridized carbons (Fsp3) is 0. The lowest BCUT2D eigenvalue weighted by molar-refractivity contribution is -0.379. The second kappa shape index (κ2) is 4.84. The van der Waals surface area contributed by atoms with Crippen LogP contribution in [0.5, 0.6) is 0 Å². The Hall–Kier alpha value is -2.77. The predicted molar refractivity (Wildman–Crippen MR) is 60.0 cm³/mol. The van der Waals surface area contributed by atoms with Crippen molar-refractivity contribution < 1.29 is 9.61 Å². The van der Waals surface area contributed by atoms with Crippen LogP contribution in [0, 0.1) is 0 Å². The number of amidine groups is 1. The van der Waals surface area contributed by atoms with Gasteiger partial charge >= 0.3 is 0 Å². The van der Waals surface area contributed by atoms with Crippen LogP contribution in [0.1, 0.15) is 11.4 Å². The van der Waals surface area contributed by atoms with Crippen LogP contribution in [-0.2, 0) is 0 Å². The van der Waals surface area contributed by atoms with E-state index in [1.165, 1.54) is 6.21 Å². The fourth-order valence-electron chi connectivity index (χ4n) is 1.06. The molecule has 86 valence electrons. The molecule has 0 radical (unpaired) electrons. The molecule has 0 atom stereocenters. The summed E-state index contributed by atoms with van der Waals surface area (Å²) >= 11 is 0. The van der Waals surface area contributed by atoms with Crippen molar-refractivity contribution in [3.8, 4) is 0 Å². The minimum Gasteiger partial charge on any atom is -0.380 e. The molecular weight excluding hydrogens is 222 g/mol. The van der Waals surface area contributed by atoms with Crippen molar-refractivity contribution in [2.24, 2.45) is 15.9 Å². The average molecular weight is 232 g/mol. The van der Waals surface area contributed by atoms with E-state index in [2.05, 4.69) is 30.1 Å². The molecule has 2 aromatic heterocycles. The lowest BCUT2D eigenvalue weighted by Gasteiger charge is -1.89. The molecule has 0 fully saturated rings. The lowest BCUT2D eigenvalue weighted by Crippen LogP contribution is -2.15. The van der Waals surface area contributed by atoms with Crippen LogP contribution >= 0.6 is 0 Å². The smallest absolute Gasteiger partial charge is 0.223 e. The third kappa shape index (κ3) is 2.62. The van der Waals surface area contributed by atoms with E-state index in [0.717, 1.165) is 5.69 Å². The highest BCUT2D eigenvalue weighted by molar-refractivity contribution is 5.99. The molecule has 2 aromatic rings. The molecule has 0 aliphatic rings. The fourth-order valence-corrected chi connectivity index (χ4v) is 1.06. The van der Waals surface area contributed by atoms with Crippen LogP contribution in [0.15, 0.2) is 39.2 Å². The minimum atomic E-state index is 0.0379. The quantitative estimate of drug-likeness (QED) is 0.406. The van der Waals surface area contributed by atoms with Crippen LogP contribution in [0.4, 0.5) is 5.82 Å². The number of aromatic nitrogens is 3. The Morgan fingerprint density at radius 3 is 2.94 bits per heavy atom. The molecule has 8 nitrogen and oxygen atoms in total. The van der Waals surface area contributed by atoms with Gasteiger partial charge in [-0.05, 0) is 16.4 Å². The summed E-state index contributed by atoms with van der Waals surface area (Å²) in [5, 5.41) is 14.4. The predicted octanol–water partition coefficient (Wildman–Crippen LogP) is -0.795. The van der Waals surface area contributed by atoms with Crippen molar-refractivity contribution in [3.05, 3.63) is 35.8 Å². The van der Waals surface area contributed by atoms with Crippen molar-refractivity contribution in [2.75, 3.05) is 5.73 Å². The van der Waals surface area contributed by atoms with E-state index in [1.54, 1.807) is 6.20 Å². The van der Waals surface area contributed by atoms with E-state index in [9.17, 15) is 0 Å². The van der Waals surface area contributed by atoms with Crippen molar-refractivity contribution in [3.63, 3.8) is 0 Å². The summed E-state index contributed by atoms with van der Waals surface area (Å²) in [6, 6.07) is 5.56. The van der Waals surface area contributed by atoms with E-state index < -0.39 is 0 Å². The van der Waals surface area contributed by atoms with Gasteiger partial charge in [-0.3, -0.25) is 0 Å². The van der Waals surface area contributed by atoms with Gasteiger partial charge < -0.3 is 11.5 Å². The molecule has 5 N–H and O–H groups in total. The number of hydrogen-bond acceptors (Lipinski definition) is 6. The number of rotatable bonds is 3. The number of anilines is 1. The molecule has 0 saturated carbocycles. The Morgan fingerprint density at radius 2 is 2.29 bits per heavy atom. The third-order valence-corrected chi connectivity index (χ3v) is 1.85. The number of pyridine rings is 1. The van der Waals surface area contributed by atoms with Crippen LogP contribution in [-0.4, -0.2) is 22.4 Å². The number of nitrogens with zero attached hydrogens (tertiary/aromatic N) is 4. The second-order valence-electron chi connectivity index (χ2n) is 3.05. The average Bonchev–Trinajstić information content (AvgIpc) is 2.77. The van der Waals surface area contributed by atoms with Gasteiger partial charge in [-0.25, -0.2) is 9.61 Å². The van der Waals surface area contributed by atoms with Gasteiger partial charge in [0.25, 0.3) is 0 Å². The van der Waals surface area contributed by atoms with Crippen molar-refractivity contribution in [2.45, 2.75) is 0 Å². The standard InChI is InChI=1S/C9H9N7O/c10-8(7-9(11)16-17-15-7)14-13-5-6-3-1-2-4-12-6/h1-5H,(H2,10,14)(H2,11,16)/p+1. The molecule has 2 rings (SSSR count). The number of hydrogen-bond donors (Lipinski definition) is 2. The molecule has 0 unspecified atom stereocenters. The first kappa shape index (κ1) is 10.7. The maximum absolute atomic E-state index is 5.59. The lowest BCUT2D eigenvalue weighted by atomic mass is 10.4. The first-order valence-corrected chi connectivity index (χ1v) is 4.69. The summed E-state index contributed by atoms with van der Waals surface area (Å²) in [4.78, 5) is 2.96. The van der Waals surface area contributed by atoms with Gasteiger partial charge in [0, 0.05) is 12.1 Å². The van der Waals surface area contributed by atoms with Crippen molar-refractivity contribution >= 4 is 17.9 Å². The molecule has 17 heavy (non-hydrogen) atoms. The highest BCUT2D eigenvalue weighted by Gasteiger charge is 2.09. The molecule has 0 aliphatic carbocycles. The molecule has 0 spiro atoms. The van der Waals surface area contributed by atoms with Crippen LogP contribution in [0.25, 0.3) is 0 Å². The summed E-state index contributed by atoms with van der Waals surface area (Å²) in [5.74, 6) is 0.114. The number of H-pyrrole nitrogens is 1. The molecule has 0 bridgehead atoms. The van der Waals surface area contributed by atoms with Gasteiger partial charge in [0.15, 0.2) is 23.5 Å². The van der Waals surface area contributed by atoms with Gasteiger partial charge in [0.2, 0.25) is 5.69 Å². The molecule has 0 aliphatic heterocycles. The largest absolute Gasteiger partial charge is 0.380 e. The Morgan fingerprint density at radius 1 is 1.41 bits per heavy atom. The summed E-state index contributed by atoms with van der Waals surface area (Å²) < 4.78 is 4.39. The van der Waals surface area contributed by atoms with Crippen molar-refractivity contribution in [1.82, 2.24) is 10.3 Å². The van der Waals surface area contributed by atoms with Gasteiger partial charge in [-0.2, -0.15) is 0 Å². The summed E-state index contributed by atoms with van der Waals surface area (Å²) in [5.41, 5.74) is 12.0. The Kier molecular flexibility index (Phi) is 3.05. The summed E-state index contributed by atoms with van der Waals surface area (Å²) in [6.45, 7) is 0. The number of nitrogen functional groups attached to an aromatic ring is 1. The van der Waals surface area contributed by atoms with E-state index in [-0.39, 0.29) is 17.3 Å². The van der Waals surface area contributed by atoms with Gasteiger partial charge in [-0.15, -0.1) is 10.2 Å². The maximum Gasteiger partial charge on any atom is 0.223 e. The first-order valence-electron chi connectivity index (χ1n) is 4.69. The number of nitrogens with two attached hydrogens (primary N) is 2. The van der Waals surface area contributed by atoms with E-state index in [4.69, 9.17) is 11.5 Å². The number of aromatic amines is 1. The molecule has 0 saturated heterocycles. The van der Waals surface area contributed by atoms with Gasteiger partial charge in [0.1, 0.15) is 6.21 Å². The second-order valence-corrected chi connectivity index (χ2v) is 3.05. The SMILES string of the molecule is NC(=NN=Cc1cccc[nH+]1)c1nonc1N. The Bertz CT molecular complexity index is 545. The zero-order valence-corrected chi connectivity index (χ0v) is 8.74. The van der Waals surface area contributed by atoms with Crippen LogP contribution in [0.3, 0.4) is 0 Å². The van der Waals surface area contributed by atoms with Crippen LogP contribution < -0.4 is 16.5 Å². The summed E-state index contributed by atoms with van der Waals surface area (Å²) in [6.07, 6.45) is 3.28. The zero-order chi connectivity index (χ0) is 12.1. The topological polar surface area (TPSA) is 130 Å². The highest BCUT2D eigenvalue weighted by Crippen LogP contribution is 2.02. The minimum absolute atomic E-state index is 0.0379. The van der Waals surface area contributed by atoms with E-state index in [0.29, 0.717) is 0 Å². The van der Waals surface area contributed by atoms with E-state index in [1.807, 2.05) is 18.2 Å². The molecular formula is C9H10N7O+. The Balaban J connectivity index is 2.11. The van der Waals surface area contributed by atoms with Crippen molar-refractivity contribution in [1.29, 1.82) is 0 Å². The maximum atomic E-state index is 5.59. The molecule has 8 heteroatoms. The normalized spacial score (nSPS) is 12.1. The number of nitrogens with one attached hydrogen (secondary N) is 1. The zero-order valence-electron chi connectivity index (χ0n) is 8.74. The monoisotopic (exact) mass is 232 g/mol. The first-order chi connectivity index (χ1) is 8.27.